The predicted octanol–water partition coefficient (Wildman–Crippen LogP) is 2.81. The Kier molecular flexibility index (Phi) is 4.96. The summed E-state index contributed by atoms with van der Waals surface area (Å²) in [4.78, 5) is 8.67. The lowest BCUT2D eigenvalue weighted by Crippen LogP contribution is -2.23. The molecule has 4 rings (SSSR count). The summed E-state index contributed by atoms with van der Waals surface area (Å²) in [6.45, 7) is 0.126. The van der Waals surface area contributed by atoms with Crippen LogP contribution in [0.2, 0.25) is 0 Å². The second-order valence-electron chi connectivity index (χ2n) is 6.02. The van der Waals surface area contributed by atoms with Gasteiger partial charge in [-0.3, -0.25) is 9.97 Å². The fourth-order valence-corrected chi connectivity index (χ4v) is 3.81. The van der Waals surface area contributed by atoms with Crippen LogP contribution in [0, 0.1) is 0 Å². The maximum atomic E-state index is 12.7. The van der Waals surface area contributed by atoms with Crippen molar-refractivity contribution in [3.05, 3.63) is 91.1 Å². The summed E-state index contributed by atoms with van der Waals surface area (Å²) < 4.78 is 29.7. The Morgan fingerprint density at radius 1 is 0.929 bits per heavy atom. The van der Waals surface area contributed by atoms with Gasteiger partial charge in [0.05, 0.1) is 16.3 Å². The number of sulfonamides is 1. The SMILES string of the molecule is O=S(=O)(NCc1cccnc1-c1cccnc1)c1ccc(-n2cccn2)cc1. The summed E-state index contributed by atoms with van der Waals surface area (Å²) in [5.41, 5.74) is 3.09. The average Bonchev–Trinajstić information content (AvgIpc) is 3.28. The standard InChI is InChI=1S/C20H17N5O2S/c26-28(27,19-8-6-18(7-9-19)25-13-3-12-23-25)24-15-17-5-2-11-22-20(17)16-4-1-10-21-14-16/h1-14,24H,15H2. The summed E-state index contributed by atoms with van der Waals surface area (Å²) in [5.74, 6) is 0. The van der Waals surface area contributed by atoms with Crippen molar-refractivity contribution in [2.45, 2.75) is 11.4 Å². The molecule has 0 amide bonds. The van der Waals surface area contributed by atoms with Crippen LogP contribution in [0.1, 0.15) is 5.56 Å². The monoisotopic (exact) mass is 391 g/mol. The quantitative estimate of drug-likeness (QED) is 0.546. The molecule has 0 unspecified atom stereocenters. The maximum Gasteiger partial charge on any atom is 0.240 e. The molecular formula is C20H17N5O2S. The van der Waals surface area contributed by atoms with Crippen molar-refractivity contribution in [1.29, 1.82) is 0 Å². The number of pyridine rings is 2. The van der Waals surface area contributed by atoms with Gasteiger partial charge in [0.25, 0.3) is 0 Å². The number of benzene rings is 1. The van der Waals surface area contributed by atoms with Crippen molar-refractivity contribution in [3.8, 4) is 16.9 Å². The van der Waals surface area contributed by atoms with E-state index < -0.39 is 10.0 Å². The first kappa shape index (κ1) is 18.0. The first-order valence-electron chi connectivity index (χ1n) is 8.57. The van der Waals surface area contributed by atoms with E-state index in [9.17, 15) is 8.42 Å². The van der Waals surface area contributed by atoms with Gasteiger partial charge >= 0.3 is 0 Å². The first-order valence-corrected chi connectivity index (χ1v) is 10.1. The molecule has 0 bridgehead atoms. The van der Waals surface area contributed by atoms with Gasteiger partial charge in [0.1, 0.15) is 0 Å². The number of nitrogens with zero attached hydrogens (tertiary/aromatic N) is 4. The van der Waals surface area contributed by atoms with E-state index in [0.717, 1.165) is 16.8 Å². The zero-order chi connectivity index (χ0) is 19.4. The zero-order valence-electron chi connectivity index (χ0n) is 14.8. The van der Waals surface area contributed by atoms with Gasteiger partial charge in [-0.05, 0) is 54.1 Å². The molecule has 28 heavy (non-hydrogen) atoms. The van der Waals surface area contributed by atoms with Crippen molar-refractivity contribution in [2.24, 2.45) is 0 Å². The van der Waals surface area contributed by atoms with Crippen molar-refractivity contribution in [2.75, 3.05) is 0 Å². The third kappa shape index (κ3) is 3.83. The van der Waals surface area contributed by atoms with E-state index in [0.29, 0.717) is 5.69 Å². The minimum Gasteiger partial charge on any atom is -0.264 e. The Hall–Kier alpha value is -3.36. The van der Waals surface area contributed by atoms with Gasteiger partial charge in [-0.25, -0.2) is 17.8 Å². The van der Waals surface area contributed by atoms with Crippen LogP contribution in [-0.4, -0.2) is 28.2 Å². The smallest absolute Gasteiger partial charge is 0.240 e. The van der Waals surface area contributed by atoms with Crippen LogP contribution >= 0.6 is 0 Å². The third-order valence-corrected chi connectivity index (χ3v) is 5.61. The molecule has 3 aromatic heterocycles. The van der Waals surface area contributed by atoms with Crippen LogP contribution in [0.4, 0.5) is 0 Å². The van der Waals surface area contributed by atoms with Crippen LogP contribution in [0.25, 0.3) is 16.9 Å². The molecule has 0 atom stereocenters. The van der Waals surface area contributed by atoms with E-state index >= 15 is 0 Å². The summed E-state index contributed by atoms with van der Waals surface area (Å²) >= 11 is 0. The molecule has 0 fully saturated rings. The fraction of sp³-hybridized carbons (Fsp3) is 0.0500. The van der Waals surface area contributed by atoms with Crippen LogP contribution in [0.5, 0.6) is 0 Å². The third-order valence-electron chi connectivity index (χ3n) is 4.19. The van der Waals surface area contributed by atoms with Crippen molar-refractivity contribution < 1.29 is 8.42 Å². The minimum absolute atomic E-state index is 0.126. The van der Waals surface area contributed by atoms with E-state index in [2.05, 4.69) is 19.8 Å². The minimum atomic E-state index is -3.67. The molecule has 0 aliphatic rings. The van der Waals surface area contributed by atoms with Crippen LogP contribution in [0.15, 0.2) is 90.5 Å². The first-order chi connectivity index (χ1) is 13.6. The molecule has 0 aliphatic carbocycles. The molecule has 7 nitrogen and oxygen atoms in total. The zero-order valence-corrected chi connectivity index (χ0v) is 15.6. The summed E-state index contributed by atoms with van der Waals surface area (Å²) in [5, 5.41) is 4.13. The topological polar surface area (TPSA) is 89.8 Å². The van der Waals surface area contributed by atoms with E-state index in [1.165, 1.54) is 0 Å². The lowest BCUT2D eigenvalue weighted by atomic mass is 10.1. The molecule has 4 aromatic rings. The summed E-state index contributed by atoms with van der Waals surface area (Å²) in [6.07, 6.45) is 8.52. The van der Waals surface area contributed by atoms with Crippen molar-refractivity contribution >= 4 is 10.0 Å². The van der Waals surface area contributed by atoms with Crippen molar-refractivity contribution in [1.82, 2.24) is 24.5 Å². The average molecular weight is 391 g/mol. The van der Waals surface area contributed by atoms with Crippen LogP contribution < -0.4 is 4.72 Å². The van der Waals surface area contributed by atoms with Gasteiger partial charge in [0, 0.05) is 43.1 Å². The van der Waals surface area contributed by atoms with Gasteiger partial charge < -0.3 is 0 Å². The number of aromatic nitrogens is 4. The molecule has 140 valence electrons. The van der Waals surface area contributed by atoms with E-state index in [1.54, 1.807) is 72.1 Å². The Bertz CT molecular complexity index is 1160. The molecule has 0 radical (unpaired) electrons. The number of hydrogen-bond acceptors (Lipinski definition) is 5. The molecule has 1 N–H and O–H groups in total. The van der Waals surface area contributed by atoms with Crippen LogP contribution in [-0.2, 0) is 16.6 Å². The molecule has 0 saturated carbocycles. The Morgan fingerprint density at radius 3 is 2.46 bits per heavy atom. The molecule has 0 aliphatic heterocycles. The van der Waals surface area contributed by atoms with E-state index in [1.807, 2.05) is 18.2 Å². The predicted molar refractivity (Wildman–Crippen MR) is 105 cm³/mol. The highest BCUT2D eigenvalue weighted by Crippen LogP contribution is 2.21. The summed E-state index contributed by atoms with van der Waals surface area (Å²) in [6, 6.07) is 15.7. The van der Waals surface area contributed by atoms with Gasteiger partial charge in [-0.2, -0.15) is 5.10 Å². The van der Waals surface area contributed by atoms with Gasteiger partial charge in [0.2, 0.25) is 10.0 Å². The lowest BCUT2D eigenvalue weighted by Gasteiger charge is -2.11. The molecule has 3 heterocycles. The van der Waals surface area contributed by atoms with Gasteiger partial charge in [-0.15, -0.1) is 0 Å². The maximum absolute atomic E-state index is 12.7. The molecule has 8 heteroatoms. The Balaban J connectivity index is 1.54. The highest BCUT2D eigenvalue weighted by Gasteiger charge is 2.15. The van der Waals surface area contributed by atoms with Gasteiger partial charge in [-0.1, -0.05) is 6.07 Å². The highest BCUT2D eigenvalue weighted by molar-refractivity contribution is 7.89. The van der Waals surface area contributed by atoms with E-state index in [-0.39, 0.29) is 11.4 Å². The Labute approximate surface area is 162 Å². The molecule has 1 aromatic carbocycles. The van der Waals surface area contributed by atoms with Crippen molar-refractivity contribution in [3.63, 3.8) is 0 Å². The second kappa shape index (κ2) is 7.71. The molecular weight excluding hydrogens is 374 g/mol. The summed E-state index contributed by atoms with van der Waals surface area (Å²) in [7, 11) is -3.67. The van der Waals surface area contributed by atoms with Gasteiger partial charge in [0.15, 0.2) is 0 Å². The lowest BCUT2D eigenvalue weighted by molar-refractivity contribution is 0.581. The number of hydrogen-bond donors (Lipinski definition) is 1. The normalized spacial score (nSPS) is 11.4. The van der Waals surface area contributed by atoms with Crippen LogP contribution in [0.3, 0.4) is 0 Å². The fourth-order valence-electron chi connectivity index (χ4n) is 2.80. The Morgan fingerprint density at radius 2 is 1.75 bits per heavy atom. The molecule has 0 spiro atoms. The van der Waals surface area contributed by atoms with E-state index in [4.69, 9.17) is 0 Å². The molecule has 0 saturated heterocycles. The number of nitrogens with one attached hydrogen (secondary N) is 1. The second-order valence-corrected chi connectivity index (χ2v) is 7.79. The largest absolute Gasteiger partial charge is 0.264 e. The number of rotatable bonds is 6. The highest BCUT2D eigenvalue weighted by atomic mass is 32.2.